The van der Waals surface area contributed by atoms with Crippen LogP contribution < -0.4 is 16.0 Å². The molecule has 3 N–H and O–H groups in total. The Kier molecular flexibility index (Phi) is 4.53. The Labute approximate surface area is 161 Å². The summed E-state index contributed by atoms with van der Waals surface area (Å²) in [4.78, 5) is 34.9. The lowest BCUT2D eigenvalue weighted by atomic mass is 10.00. The van der Waals surface area contributed by atoms with Gasteiger partial charge < -0.3 is 10.6 Å². The van der Waals surface area contributed by atoms with Gasteiger partial charge in [0.05, 0.1) is 18.1 Å². The largest absolute Gasteiger partial charge is 0.353 e. The van der Waals surface area contributed by atoms with E-state index in [9.17, 15) is 14.4 Å². The van der Waals surface area contributed by atoms with Crippen molar-refractivity contribution < 1.29 is 14.4 Å². The maximum absolute atomic E-state index is 12.2. The molecule has 7 heteroatoms. The predicted octanol–water partition coefficient (Wildman–Crippen LogP) is 1.41. The molecule has 140 valence electrons. The lowest BCUT2D eigenvalue weighted by Gasteiger charge is -2.13. The average Bonchev–Trinajstić information content (AvgIpc) is 3.22. The molecule has 2 atom stereocenters. The van der Waals surface area contributed by atoms with Crippen LogP contribution in [-0.2, 0) is 22.4 Å². The Bertz CT molecular complexity index is 1010. The molecule has 1 aliphatic carbocycles. The molecule has 2 aliphatic rings. The summed E-state index contributed by atoms with van der Waals surface area (Å²) in [5.74, 6) is -0.727. The van der Waals surface area contributed by atoms with Crippen LogP contribution in [0.1, 0.15) is 23.1 Å². The molecule has 2 aromatic carbocycles. The van der Waals surface area contributed by atoms with E-state index < -0.39 is 18.0 Å². The second kappa shape index (κ2) is 7.16. The van der Waals surface area contributed by atoms with Crippen molar-refractivity contribution in [3.63, 3.8) is 0 Å². The first-order valence-electron chi connectivity index (χ1n) is 9.05. The summed E-state index contributed by atoms with van der Waals surface area (Å²) >= 11 is 0. The molecule has 4 amide bonds. The molecule has 0 bridgehead atoms. The van der Waals surface area contributed by atoms with Crippen LogP contribution in [0.2, 0.25) is 0 Å². The zero-order valence-corrected chi connectivity index (χ0v) is 15.0. The van der Waals surface area contributed by atoms with Crippen molar-refractivity contribution in [2.24, 2.45) is 0 Å². The number of nitrogens with one attached hydrogen (secondary N) is 3. The Morgan fingerprint density at radius 3 is 2.46 bits per heavy atom. The van der Waals surface area contributed by atoms with Gasteiger partial charge in [0.1, 0.15) is 6.04 Å². The normalized spacial score (nSPS) is 20.1. The van der Waals surface area contributed by atoms with Crippen LogP contribution in [0.4, 0.5) is 4.79 Å². The maximum Gasteiger partial charge on any atom is 0.322 e. The van der Waals surface area contributed by atoms with E-state index in [1.807, 2.05) is 18.2 Å². The van der Waals surface area contributed by atoms with Crippen molar-refractivity contribution in [2.75, 3.05) is 0 Å². The highest BCUT2D eigenvalue weighted by Crippen LogP contribution is 2.28. The quantitative estimate of drug-likeness (QED) is 0.703. The number of carbonyl (C=O) groups excluding carboxylic acids is 3. The van der Waals surface area contributed by atoms with E-state index in [2.05, 4.69) is 34.2 Å². The zero-order chi connectivity index (χ0) is 19.7. The van der Waals surface area contributed by atoms with Crippen molar-refractivity contribution in [1.29, 1.82) is 5.26 Å². The van der Waals surface area contributed by atoms with Crippen LogP contribution in [0, 0.1) is 11.3 Å². The number of imide groups is 1. The first kappa shape index (κ1) is 17.7. The van der Waals surface area contributed by atoms with Gasteiger partial charge in [-0.15, -0.1) is 0 Å². The number of nitriles is 1. The van der Waals surface area contributed by atoms with Gasteiger partial charge >= 0.3 is 6.03 Å². The third kappa shape index (κ3) is 3.58. The molecule has 0 saturated carbocycles. The van der Waals surface area contributed by atoms with Crippen molar-refractivity contribution >= 4 is 17.8 Å². The van der Waals surface area contributed by atoms with E-state index in [0.717, 1.165) is 17.5 Å². The van der Waals surface area contributed by atoms with Gasteiger partial charge in [0, 0.05) is 6.04 Å². The highest BCUT2D eigenvalue weighted by molar-refractivity contribution is 6.05. The molecule has 2 aromatic rings. The lowest BCUT2D eigenvalue weighted by Crippen LogP contribution is -2.40. The number of amides is 4. The van der Waals surface area contributed by atoms with E-state index in [1.165, 1.54) is 11.1 Å². The number of carbonyl (C=O) groups is 3. The zero-order valence-electron chi connectivity index (χ0n) is 15.0. The van der Waals surface area contributed by atoms with Gasteiger partial charge in [-0.2, -0.15) is 5.26 Å². The highest BCUT2D eigenvalue weighted by atomic mass is 16.2. The first-order chi connectivity index (χ1) is 13.5. The SMILES string of the molecule is N#Cc1ccc(-c2ccc3c(c2)CC(NC(=O)CC2NC(=O)NC2=O)C3)cc1. The number of rotatable bonds is 4. The fourth-order valence-electron chi connectivity index (χ4n) is 3.71. The Morgan fingerprint density at radius 2 is 1.79 bits per heavy atom. The number of urea groups is 1. The summed E-state index contributed by atoms with van der Waals surface area (Å²) in [6.45, 7) is 0. The second-order valence-corrected chi connectivity index (χ2v) is 7.06. The highest BCUT2D eigenvalue weighted by Gasteiger charge is 2.32. The van der Waals surface area contributed by atoms with Gasteiger partial charge in [-0.25, -0.2) is 4.79 Å². The molecule has 0 spiro atoms. The fourth-order valence-corrected chi connectivity index (χ4v) is 3.71. The number of fused-ring (bicyclic) bond motifs is 1. The molecule has 1 fully saturated rings. The van der Waals surface area contributed by atoms with E-state index in [-0.39, 0.29) is 18.4 Å². The monoisotopic (exact) mass is 374 g/mol. The minimum Gasteiger partial charge on any atom is -0.353 e. The van der Waals surface area contributed by atoms with Crippen LogP contribution >= 0.6 is 0 Å². The Balaban J connectivity index is 1.39. The van der Waals surface area contributed by atoms with Crippen molar-refractivity contribution in [3.8, 4) is 17.2 Å². The van der Waals surface area contributed by atoms with Crippen molar-refractivity contribution in [1.82, 2.24) is 16.0 Å². The molecule has 1 aliphatic heterocycles. The molecular weight excluding hydrogens is 356 g/mol. The third-order valence-electron chi connectivity index (χ3n) is 5.10. The van der Waals surface area contributed by atoms with Crippen molar-refractivity contribution in [3.05, 3.63) is 59.2 Å². The van der Waals surface area contributed by atoms with Gasteiger partial charge in [0.15, 0.2) is 0 Å². The van der Waals surface area contributed by atoms with E-state index in [0.29, 0.717) is 12.0 Å². The molecule has 2 unspecified atom stereocenters. The van der Waals surface area contributed by atoms with E-state index >= 15 is 0 Å². The lowest BCUT2D eigenvalue weighted by molar-refractivity contribution is -0.126. The Hall–Kier alpha value is -3.66. The summed E-state index contributed by atoms with van der Waals surface area (Å²) in [5, 5.41) is 16.4. The number of hydrogen-bond donors (Lipinski definition) is 3. The van der Waals surface area contributed by atoms with Crippen LogP contribution in [0.3, 0.4) is 0 Å². The first-order valence-corrected chi connectivity index (χ1v) is 9.05. The molecule has 7 nitrogen and oxygen atoms in total. The number of hydrogen-bond acceptors (Lipinski definition) is 4. The molecule has 0 aromatic heterocycles. The van der Waals surface area contributed by atoms with Gasteiger partial charge in [0.2, 0.25) is 5.91 Å². The minimum atomic E-state index is -0.806. The predicted molar refractivity (Wildman–Crippen MR) is 101 cm³/mol. The van der Waals surface area contributed by atoms with Crippen LogP contribution in [-0.4, -0.2) is 29.9 Å². The van der Waals surface area contributed by atoms with Gasteiger partial charge in [-0.05, 0) is 47.2 Å². The second-order valence-electron chi connectivity index (χ2n) is 7.06. The molecule has 28 heavy (non-hydrogen) atoms. The van der Waals surface area contributed by atoms with Crippen LogP contribution in [0.25, 0.3) is 11.1 Å². The number of nitrogens with zero attached hydrogens (tertiary/aromatic N) is 1. The van der Waals surface area contributed by atoms with Crippen LogP contribution in [0.5, 0.6) is 0 Å². The third-order valence-corrected chi connectivity index (χ3v) is 5.10. The smallest absolute Gasteiger partial charge is 0.322 e. The van der Waals surface area contributed by atoms with E-state index in [1.54, 1.807) is 12.1 Å². The number of benzene rings is 2. The summed E-state index contributed by atoms with van der Waals surface area (Å²) in [6.07, 6.45) is 1.38. The van der Waals surface area contributed by atoms with Crippen LogP contribution in [0.15, 0.2) is 42.5 Å². The van der Waals surface area contributed by atoms with Gasteiger partial charge in [-0.3, -0.25) is 14.9 Å². The summed E-state index contributed by atoms with van der Waals surface area (Å²) < 4.78 is 0. The maximum atomic E-state index is 12.2. The van der Waals surface area contributed by atoms with Gasteiger partial charge in [-0.1, -0.05) is 30.3 Å². The molecule has 1 heterocycles. The van der Waals surface area contributed by atoms with E-state index in [4.69, 9.17) is 5.26 Å². The van der Waals surface area contributed by atoms with Crippen molar-refractivity contribution in [2.45, 2.75) is 31.3 Å². The molecular formula is C21H18N4O3. The molecule has 0 radical (unpaired) electrons. The summed E-state index contributed by atoms with van der Waals surface area (Å²) in [7, 11) is 0. The standard InChI is InChI=1S/C21H18N4O3/c22-11-12-1-3-13(4-2-12)14-5-6-15-8-17(9-16(15)7-14)23-19(26)10-18-20(27)25-21(28)24-18/h1-7,17-18H,8-10H2,(H,23,26)(H2,24,25,27,28). The minimum absolute atomic E-state index is 0.0288. The topological polar surface area (TPSA) is 111 Å². The average molecular weight is 374 g/mol. The Morgan fingerprint density at radius 1 is 1.07 bits per heavy atom. The summed E-state index contributed by atoms with van der Waals surface area (Å²) in [5.41, 5.74) is 5.10. The molecule has 4 rings (SSSR count). The van der Waals surface area contributed by atoms with Gasteiger partial charge in [0.25, 0.3) is 5.91 Å². The summed E-state index contributed by atoms with van der Waals surface area (Å²) in [6, 6.07) is 14.4. The molecule has 1 saturated heterocycles. The fraction of sp³-hybridized carbons (Fsp3) is 0.238.